The standard InChI is InChI=1S/C21H15FN.C15H24O2.Ir/c1-13-9-14(2)11-16(10-13)21-19-6-4-15-3-5-17(22)12-20(15)18(19)7-8-23-21;16-14(12-7-3-1-4-8-12)11-15(17)13-9-5-2-6-10-13;/h3-10,12H,1-2H3;11-13,16H,1-10H2;/q-1;;/b;14-11-;. The van der Waals surface area contributed by atoms with Gasteiger partial charge in [0, 0.05) is 44.2 Å². The van der Waals surface area contributed by atoms with Crippen molar-refractivity contribution in [1.82, 2.24) is 4.98 Å². The van der Waals surface area contributed by atoms with Gasteiger partial charge >= 0.3 is 0 Å². The van der Waals surface area contributed by atoms with Crippen LogP contribution in [0.1, 0.15) is 75.3 Å². The molecule has 0 saturated heterocycles. The van der Waals surface area contributed by atoms with Gasteiger partial charge in [-0.05, 0) is 71.1 Å². The normalized spacial score (nSPS) is 16.6. The van der Waals surface area contributed by atoms with Gasteiger partial charge in [0.05, 0.1) is 5.76 Å². The second-order valence-electron chi connectivity index (χ2n) is 11.6. The number of fused-ring (bicyclic) bond motifs is 3. The summed E-state index contributed by atoms with van der Waals surface area (Å²) in [5, 5.41) is 14.0. The number of pyridine rings is 1. The fourth-order valence-corrected chi connectivity index (χ4v) is 6.36. The van der Waals surface area contributed by atoms with E-state index in [9.17, 15) is 14.3 Å². The summed E-state index contributed by atoms with van der Waals surface area (Å²) in [5.41, 5.74) is 4.14. The van der Waals surface area contributed by atoms with E-state index < -0.39 is 0 Å². The fourth-order valence-electron chi connectivity index (χ4n) is 6.36. The van der Waals surface area contributed by atoms with E-state index in [0.29, 0.717) is 5.76 Å². The molecule has 1 radical (unpaired) electrons. The van der Waals surface area contributed by atoms with E-state index in [0.717, 1.165) is 64.0 Å². The minimum absolute atomic E-state index is 0. The number of carbonyl (C=O) groups excluding carboxylic acids is 1. The average Bonchev–Trinajstić information content (AvgIpc) is 2.97. The third-order valence-electron chi connectivity index (χ3n) is 8.45. The molecule has 0 unspecified atom stereocenters. The van der Waals surface area contributed by atoms with Crippen molar-refractivity contribution < 1.29 is 34.4 Å². The number of aliphatic hydroxyl groups is 1. The largest absolute Gasteiger partial charge is 0.512 e. The van der Waals surface area contributed by atoms with Gasteiger partial charge in [-0.15, -0.1) is 34.9 Å². The molecule has 1 heterocycles. The molecule has 2 aliphatic carbocycles. The van der Waals surface area contributed by atoms with E-state index in [-0.39, 0.29) is 43.5 Å². The minimum Gasteiger partial charge on any atom is -0.512 e. The molecule has 6 rings (SSSR count). The third kappa shape index (κ3) is 7.70. The zero-order valence-corrected chi connectivity index (χ0v) is 26.4. The monoisotopic (exact) mass is 729 g/mol. The minimum atomic E-state index is -0.221. The zero-order valence-electron chi connectivity index (χ0n) is 24.0. The van der Waals surface area contributed by atoms with Crippen molar-refractivity contribution in [3.8, 4) is 11.3 Å². The number of hydrogen-bond acceptors (Lipinski definition) is 3. The maximum atomic E-state index is 13.7. The molecule has 1 N–H and O–H groups in total. The van der Waals surface area contributed by atoms with E-state index >= 15 is 0 Å². The first-order valence-corrected chi connectivity index (χ1v) is 14.8. The third-order valence-corrected chi connectivity index (χ3v) is 8.45. The molecule has 4 aromatic rings. The number of aliphatic hydroxyl groups excluding tert-OH is 1. The molecule has 3 nitrogen and oxygen atoms in total. The molecule has 41 heavy (non-hydrogen) atoms. The summed E-state index contributed by atoms with van der Waals surface area (Å²) in [4.78, 5) is 16.6. The van der Waals surface area contributed by atoms with Crippen LogP contribution in [0, 0.1) is 37.6 Å². The quantitative estimate of drug-likeness (QED) is 0.0986. The second-order valence-corrected chi connectivity index (χ2v) is 11.6. The van der Waals surface area contributed by atoms with E-state index in [1.54, 1.807) is 18.3 Å². The van der Waals surface area contributed by atoms with Crippen molar-refractivity contribution in [1.29, 1.82) is 0 Å². The molecule has 5 heteroatoms. The number of carbonyl (C=O) groups is 1. The van der Waals surface area contributed by atoms with Gasteiger partial charge in [0.1, 0.15) is 5.82 Å². The van der Waals surface area contributed by atoms with Crippen LogP contribution in [-0.2, 0) is 24.9 Å². The zero-order chi connectivity index (χ0) is 28.1. The number of rotatable bonds is 4. The second kappa shape index (κ2) is 14.3. The van der Waals surface area contributed by atoms with E-state index in [1.165, 1.54) is 50.2 Å². The molecule has 0 amide bonds. The topological polar surface area (TPSA) is 50.2 Å². The van der Waals surface area contributed by atoms with Crippen LogP contribution in [0.4, 0.5) is 4.39 Å². The van der Waals surface area contributed by atoms with Gasteiger partial charge in [0.15, 0.2) is 5.78 Å². The Morgan fingerprint density at radius 1 is 0.854 bits per heavy atom. The van der Waals surface area contributed by atoms with Crippen molar-refractivity contribution in [3.63, 3.8) is 0 Å². The molecular formula is C36H39FIrNO2-. The molecule has 0 spiro atoms. The van der Waals surface area contributed by atoms with Gasteiger partial charge in [-0.3, -0.25) is 4.79 Å². The average molecular weight is 729 g/mol. The molecule has 0 atom stereocenters. The van der Waals surface area contributed by atoms with Crippen molar-refractivity contribution in [2.45, 2.75) is 78.1 Å². The smallest absolute Gasteiger partial charge is 0.162 e. The Hall–Kier alpha value is -2.88. The molecule has 0 bridgehead atoms. The molecule has 1 aromatic heterocycles. The fraction of sp³-hybridized carbons (Fsp3) is 0.389. The van der Waals surface area contributed by atoms with Crippen LogP contribution < -0.4 is 0 Å². The van der Waals surface area contributed by atoms with Gasteiger partial charge in [-0.1, -0.05) is 70.6 Å². The first-order valence-electron chi connectivity index (χ1n) is 14.8. The summed E-state index contributed by atoms with van der Waals surface area (Å²) in [6, 6.07) is 18.5. The number of benzene rings is 3. The van der Waals surface area contributed by atoms with Crippen LogP contribution in [0.25, 0.3) is 32.8 Å². The molecule has 217 valence electrons. The summed E-state index contributed by atoms with van der Waals surface area (Å²) < 4.78 is 13.7. The van der Waals surface area contributed by atoms with Crippen LogP contribution in [0.3, 0.4) is 0 Å². The predicted octanol–water partition coefficient (Wildman–Crippen LogP) is 9.77. The molecule has 2 saturated carbocycles. The van der Waals surface area contributed by atoms with Gasteiger partial charge < -0.3 is 10.1 Å². The van der Waals surface area contributed by atoms with Crippen molar-refractivity contribution >= 4 is 27.3 Å². The van der Waals surface area contributed by atoms with Gasteiger partial charge in [0.2, 0.25) is 0 Å². The summed E-state index contributed by atoms with van der Waals surface area (Å²) in [6.45, 7) is 4.10. The van der Waals surface area contributed by atoms with E-state index in [2.05, 4.69) is 36.2 Å². The summed E-state index contributed by atoms with van der Waals surface area (Å²) in [6.07, 6.45) is 14.8. The Labute approximate surface area is 256 Å². The molecule has 3 aromatic carbocycles. The predicted molar refractivity (Wildman–Crippen MR) is 162 cm³/mol. The summed E-state index contributed by atoms with van der Waals surface area (Å²) in [7, 11) is 0. The van der Waals surface area contributed by atoms with Gasteiger partial charge in [-0.2, -0.15) is 0 Å². The van der Waals surface area contributed by atoms with Crippen LogP contribution in [0.2, 0.25) is 0 Å². The summed E-state index contributed by atoms with van der Waals surface area (Å²) in [5.74, 6) is 0.764. The van der Waals surface area contributed by atoms with Crippen LogP contribution >= 0.6 is 0 Å². The van der Waals surface area contributed by atoms with E-state index in [4.69, 9.17) is 0 Å². The molecule has 2 aliphatic rings. The Kier molecular flexibility index (Phi) is 10.9. The Balaban J connectivity index is 0.000000193. The number of ketones is 1. The van der Waals surface area contributed by atoms with Gasteiger partial charge in [0.25, 0.3) is 0 Å². The Bertz CT molecular complexity index is 1510. The van der Waals surface area contributed by atoms with Crippen molar-refractivity contribution in [3.05, 3.63) is 89.6 Å². The first kappa shape index (κ1) is 31.1. The number of allylic oxidation sites excluding steroid dienone is 2. The Morgan fingerprint density at radius 3 is 2.20 bits per heavy atom. The number of halogens is 1. The summed E-state index contributed by atoms with van der Waals surface area (Å²) >= 11 is 0. The maximum Gasteiger partial charge on any atom is 0.162 e. The Morgan fingerprint density at radius 2 is 1.51 bits per heavy atom. The van der Waals surface area contributed by atoms with Crippen LogP contribution in [0.5, 0.6) is 0 Å². The van der Waals surface area contributed by atoms with Crippen molar-refractivity contribution in [2.24, 2.45) is 11.8 Å². The van der Waals surface area contributed by atoms with E-state index in [1.807, 2.05) is 25.1 Å². The van der Waals surface area contributed by atoms with Crippen LogP contribution in [0.15, 0.2) is 66.6 Å². The number of aryl methyl sites for hydroxylation is 2. The molecule has 2 fully saturated rings. The first-order chi connectivity index (χ1) is 19.4. The van der Waals surface area contributed by atoms with Crippen LogP contribution in [-0.4, -0.2) is 15.9 Å². The number of hydrogen-bond donors (Lipinski definition) is 1. The number of aromatic nitrogens is 1. The SMILES string of the molecule is Cc1[c-]c(-c2nccc3c2ccc2ccc(F)cc23)cc(C)c1.O=C(/C=C(\O)C1CCCCC1)C1CCCCC1.[Ir]. The van der Waals surface area contributed by atoms with Gasteiger partial charge in [-0.25, -0.2) is 4.39 Å². The maximum absolute atomic E-state index is 13.7. The number of nitrogens with zero attached hydrogens (tertiary/aromatic N) is 1. The van der Waals surface area contributed by atoms with Crippen molar-refractivity contribution in [2.75, 3.05) is 0 Å². The molecular weight excluding hydrogens is 690 g/mol. The molecule has 0 aliphatic heterocycles.